The highest BCUT2D eigenvalue weighted by Gasteiger charge is 2.35. The van der Waals surface area contributed by atoms with E-state index in [9.17, 15) is 0 Å². The summed E-state index contributed by atoms with van der Waals surface area (Å²) in [6, 6.07) is 24.2. The van der Waals surface area contributed by atoms with Crippen LogP contribution in [-0.4, -0.2) is 18.1 Å². The Balaban J connectivity index is 1.74. The minimum Gasteiger partial charge on any atom is -0.317 e. The zero-order valence-electron chi connectivity index (χ0n) is 13.8. The molecule has 120 valence electrons. The Morgan fingerprint density at radius 3 is 1.92 bits per heavy atom. The highest BCUT2D eigenvalue weighted by Crippen LogP contribution is 2.40. The summed E-state index contributed by atoms with van der Waals surface area (Å²) in [5, 5.41) is 3.51. The van der Waals surface area contributed by atoms with Gasteiger partial charge in [-0.25, -0.2) is 0 Å². The highest BCUT2D eigenvalue weighted by atomic mass is 14.9. The quantitative estimate of drug-likeness (QED) is 0.774. The van der Waals surface area contributed by atoms with Gasteiger partial charge in [0.15, 0.2) is 0 Å². The highest BCUT2D eigenvalue weighted by molar-refractivity contribution is 5.63. The Morgan fingerprint density at radius 1 is 0.667 bits per heavy atom. The van der Waals surface area contributed by atoms with Crippen molar-refractivity contribution in [1.29, 1.82) is 0 Å². The van der Waals surface area contributed by atoms with E-state index in [-0.39, 0.29) is 5.41 Å². The van der Waals surface area contributed by atoms with Gasteiger partial charge in [0.05, 0.1) is 0 Å². The van der Waals surface area contributed by atoms with Gasteiger partial charge < -0.3 is 5.32 Å². The Hall–Kier alpha value is -2.45. The maximum atomic E-state index is 4.11. The van der Waals surface area contributed by atoms with E-state index < -0.39 is 0 Å². The molecule has 0 aliphatic carbocycles. The Kier molecular flexibility index (Phi) is 4.14. The molecule has 0 spiro atoms. The van der Waals surface area contributed by atoms with Crippen molar-refractivity contribution >= 4 is 0 Å². The summed E-state index contributed by atoms with van der Waals surface area (Å²) in [7, 11) is 0. The van der Waals surface area contributed by atoms with Gasteiger partial charge in [-0.3, -0.25) is 4.98 Å². The minimum atomic E-state index is 0.128. The summed E-state index contributed by atoms with van der Waals surface area (Å²) in [4.78, 5) is 4.11. The molecule has 3 aromatic rings. The van der Waals surface area contributed by atoms with Crippen LogP contribution >= 0.6 is 0 Å². The topological polar surface area (TPSA) is 24.9 Å². The monoisotopic (exact) mass is 314 g/mol. The lowest BCUT2D eigenvalue weighted by atomic mass is 9.68. The number of hydrogen-bond donors (Lipinski definition) is 1. The van der Waals surface area contributed by atoms with E-state index in [1.807, 2.05) is 12.4 Å². The molecule has 1 saturated heterocycles. The SMILES string of the molecule is c1ccc(C2(c3ccc(-c4ccncc4)cc3)CCNCC2)cc1. The zero-order chi connectivity index (χ0) is 16.2. The van der Waals surface area contributed by atoms with Crippen molar-refractivity contribution in [2.75, 3.05) is 13.1 Å². The van der Waals surface area contributed by atoms with Crippen LogP contribution in [0.4, 0.5) is 0 Å². The lowest BCUT2D eigenvalue weighted by molar-refractivity contribution is 0.362. The molecule has 0 bridgehead atoms. The van der Waals surface area contributed by atoms with Crippen LogP contribution in [-0.2, 0) is 5.41 Å². The van der Waals surface area contributed by atoms with Crippen molar-refractivity contribution in [2.24, 2.45) is 0 Å². The molecule has 0 radical (unpaired) electrons. The normalized spacial score (nSPS) is 16.7. The van der Waals surface area contributed by atoms with Gasteiger partial charge >= 0.3 is 0 Å². The molecule has 2 nitrogen and oxygen atoms in total. The minimum absolute atomic E-state index is 0.128. The summed E-state index contributed by atoms with van der Waals surface area (Å²) in [6.45, 7) is 2.14. The average molecular weight is 314 g/mol. The Bertz CT molecular complexity index is 773. The first-order valence-electron chi connectivity index (χ1n) is 8.66. The maximum Gasteiger partial charge on any atom is 0.0273 e. The molecular formula is C22H22N2. The Labute approximate surface area is 143 Å². The summed E-state index contributed by atoms with van der Waals surface area (Å²) in [5.74, 6) is 0. The third-order valence-corrected chi connectivity index (χ3v) is 5.23. The molecule has 1 N–H and O–H groups in total. The lowest BCUT2D eigenvalue weighted by Crippen LogP contribution is -2.40. The summed E-state index contributed by atoms with van der Waals surface area (Å²) < 4.78 is 0. The lowest BCUT2D eigenvalue weighted by Gasteiger charge is -2.39. The summed E-state index contributed by atoms with van der Waals surface area (Å²) >= 11 is 0. The van der Waals surface area contributed by atoms with Gasteiger partial charge in [0.1, 0.15) is 0 Å². The van der Waals surface area contributed by atoms with Crippen LogP contribution in [0.15, 0.2) is 79.1 Å². The predicted octanol–water partition coefficient (Wildman–Crippen LogP) is 4.42. The van der Waals surface area contributed by atoms with E-state index in [2.05, 4.69) is 77.0 Å². The molecule has 2 aromatic carbocycles. The molecule has 1 fully saturated rings. The average Bonchev–Trinajstić information content (AvgIpc) is 2.70. The summed E-state index contributed by atoms with van der Waals surface area (Å²) in [6.07, 6.45) is 5.99. The second-order valence-electron chi connectivity index (χ2n) is 6.51. The van der Waals surface area contributed by atoms with E-state index in [0.717, 1.165) is 25.9 Å². The molecule has 0 amide bonds. The molecule has 0 atom stereocenters. The van der Waals surface area contributed by atoms with E-state index in [0.29, 0.717) is 0 Å². The van der Waals surface area contributed by atoms with Gasteiger partial charge in [0.2, 0.25) is 0 Å². The van der Waals surface area contributed by atoms with Crippen LogP contribution in [0.2, 0.25) is 0 Å². The van der Waals surface area contributed by atoms with Gasteiger partial charge in [-0.1, -0.05) is 54.6 Å². The molecule has 2 heterocycles. The number of rotatable bonds is 3. The van der Waals surface area contributed by atoms with Crippen LogP contribution < -0.4 is 5.32 Å². The molecule has 0 saturated carbocycles. The smallest absolute Gasteiger partial charge is 0.0273 e. The first kappa shape index (κ1) is 15.1. The van der Waals surface area contributed by atoms with Gasteiger partial charge in [-0.2, -0.15) is 0 Å². The third kappa shape index (κ3) is 2.74. The Morgan fingerprint density at radius 2 is 1.25 bits per heavy atom. The molecule has 2 heteroatoms. The van der Waals surface area contributed by atoms with Gasteiger partial charge in [0, 0.05) is 17.8 Å². The van der Waals surface area contributed by atoms with Gasteiger partial charge in [-0.05, 0) is 60.3 Å². The fraction of sp³-hybridized carbons (Fsp3) is 0.227. The number of aromatic nitrogens is 1. The molecule has 24 heavy (non-hydrogen) atoms. The van der Waals surface area contributed by atoms with Crippen molar-refractivity contribution < 1.29 is 0 Å². The number of nitrogens with zero attached hydrogens (tertiary/aromatic N) is 1. The largest absolute Gasteiger partial charge is 0.317 e. The molecule has 1 aliphatic heterocycles. The van der Waals surface area contributed by atoms with Crippen molar-refractivity contribution in [3.8, 4) is 11.1 Å². The zero-order valence-corrected chi connectivity index (χ0v) is 13.8. The van der Waals surface area contributed by atoms with E-state index in [1.165, 1.54) is 22.3 Å². The number of nitrogens with one attached hydrogen (secondary N) is 1. The fourth-order valence-corrected chi connectivity index (χ4v) is 3.88. The van der Waals surface area contributed by atoms with Crippen LogP contribution in [0.5, 0.6) is 0 Å². The molecular weight excluding hydrogens is 292 g/mol. The van der Waals surface area contributed by atoms with Gasteiger partial charge in [-0.15, -0.1) is 0 Å². The predicted molar refractivity (Wildman–Crippen MR) is 99.0 cm³/mol. The third-order valence-electron chi connectivity index (χ3n) is 5.23. The van der Waals surface area contributed by atoms with Crippen LogP contribution in [0.25, 0.3) is 11.1 Å². The molecule has 1 aromatic heterocycles. The number of hydrogen-bond acceptors (Lipinski definition) is 2. The first-order chi connectivity index (χ1) is 11.9. The molecule has 1 aliphatic rings. The molecule has 4 rings (SSSR count). The van der Waals surface area contributed by atoms with Crippen LogP contribution in [0.1, 0.15) is 24.0 Å². The van der Waals surface area contributed by atoms with Crippen molar-refractivity contribution in [1.82, 2.24) is 10.3 Å². The summed E-state index contributed by atoms with van der Waals surface area (Å²) in [5.41, 5.74) is 5.45. The van der Waals surface area contributed by atoms with E-state index in [1.54, 1.807) is 0 Å². The number of piperidine rings is 1. The number of benzene rings is 2. The maximum absolute atomic E-state index is 4.11. The molecule has 0 unspecified atom stereocenters. The standard InChI is InChI=1S/C22H22N2/c1-2-4-20(5-3-1)22(12-16-24-17-13-22)21-8-6-18(7-9-21)19-10-14-23-15-11-19/h1-11,14-15,24H,12-13,16-17H2. The second kappa shape index (κ2) is 6.58. The fourth-order valence-electron chi connectivity index (χ4n) is 3.88. The van der Waals surface area contributed by atoms with Gasteiger partial charge in [0.25, 0.3) is 0 Å². The second-order valence-corrected chi connectivity index (χ2v) is 6.51. The van der Waals surface area contributed by atoms with Crippen molar-refractivity contribution in [3.63, 3.8) is 0 Å². The number of pyridine rings is 1. The van der Waals surface area contributed by atoms with Crippen LogP contribution in [0, 0.1) is 0 Å². The van der Waals surface area contributed by atoms with Crippen LogP contribution in [0.3, 0.4) is 0 Å². The van der Waals surface area contributed by atoms with E-state index in [4.69, 9.17) is 0 Å². The first-order valence-corrected chi connectivity index (χ1v) is 8.66. The van der Waals surface area contributed by atoms with Crippen molar-refractivity contribution in [3.05, 3.63) is 90.3 Å². The van der Waals surface area contributed by atoms with E-state index >= 15 is 0 Å². The van der Waals surface area contributed by atoms with Crippen molar-refractivity contribution in [2.45, 2.75) is 18.3 Å².